The molecule has 160 valence electrons. The third kappa shape index (κ3) is 5.06. The Labute approximate surface area is 178 Å². The van der Waals surface area contributed by atoms with Crippen LogP contribution in [-0.2, 0) is 21.1 Å². The van der Waals surface area contributed by atoms with Crippen LogP contribution in [0, 0.1) is 5.82 Å². The van der Waals surface area contributed by atoms with Crippen molar-refractivity contribution in [3.05, 3.63) is 58.6 Å². The fraction of sp³-hybridized carbons (Fsp3) is 0.316. The Hall–Kier alpha value is -2.72. The number of aromatic nitrogens is 1. The molecule has 0 radical (unpaired) electrons. The van der Waals surface area contributed by atoms with E-state index in [-0.39, 0.29) is 41.7 Å². The summed E-state index contributed by atoms with van der Waals surface area (Å²) < 4.78 is 41.6. The van der Waals surface area contributed by atoms with Crippen LogP contribution in [0.2, 0.25) is 5.02 Å². The molecule has 0 unspecified atom stereocenters. The first-order valence-corrected chi connectivity index (χ1v) is 11.2. The van der Waals surface area contributed by atoms with Gasteiger partial charge in [0.15, 0.2) is 9.84 Å². The third-order valence-corrected chi connectivity index (χ3v) is 6.53. The molecule has 0 aliphatic carbocycles. The molecule has 1 aliphatic rings. The number of rotatable bonds is 4. The van der Waals surface area contributed by atoms with Crippen LogP contribution in [0.3, 0.4) is 0 Å². The van der Waals surface area contributed by atoms with Crippen LogP contribution in [0.1, 0.15) is 16.1 Å². The van der Waals surface area contributed by atoms with E-state index >= 15 is 0 Å². The van der Waals surface area contributed by atoms with Crippen molar-refractivity contribution in [2.24, 2.45) is 0 Å². The van der Waals surface area contributed by atoms with Crippen molar-refractivity contribution in [2.75, 3.05) is 36.6 Å². The number of halogens is 2. The molecule has 1 aliphatic heterocycles. The summed E-state index contributed by atoms with van der Waals surface area (Å²) in [6, 6.07) is 6.50. The zero-order chi connectivity index (χ0) is 21.9. The van der Waals surface area contributed by atoms with Crippen LogP contribution in [0.15, 0.2) is 36.5 Å². The lowest BCUT2D eigenvalue weighted by molar-refractivity contribution is 0.0600. The molecule has 1 aromatic heterocycles. The molecule has 8 nitrogen and oxygen atoms in total. The highest BCUT2D eigenvalue weighted by Gasteiger charge is 2.29. The molecule has 2 heterocycles. The minimum Gasteiger partial charge on any atom is -0.465 e. The predicted octanol–water partition coefficient (Wildman–Crippen LogP) is 2.52. The summed E-state index contributed by atoms with van der Waals surface area (Å²) >= 11 is 5.89. The number of urea groups is 1. The maximum absolute atomic E-state index is 13.6. The largest absolute Gasteiger partial charge is 0.465 e. The molecular weight excluding hydrogens is 437 g/mol. The highest BCUT2D eigenvalue weighted by atomic mass is 35.5. The SMILES string of the molecule is COC(=O)c1ccc(CN(C(=O)N2CCS(=O)(=O)CC2)c2ccc(F)c(Cl)c2)nc1. The van der Waals surface area contributed by atoms with Crippen molar-refractivity contribution >= 4 is 39.1 Å². The number of benzene rings is 1. The van der Waals surface area contributed by atoms with Gasteiger partial charge < -0.3 is 9.64 Å². The van der Waals surface area contributed by atoms with Crippen LogP contribution in [-0.4, -0.2) is 62.0 Å². The summed E-state index contributed by atoms with van der Waals surface area (Å²) in [5, 5.41) is -0.152. The average molecular weight is 456 g/mol. The molecular formula is C19H19ClFN3O5S. The lowest BCUT2D eigenvalue weighted by Crippen LogP contribution is -2.49. The van der Waals surface area contributed by atoms with Crippen molar-refractivity contribution in [1.29, 1.82) is 0 Å². The Bertz CT molecular complexity index is 1050. The second-order valence-electron chi connectivity index (χ2n) is 6.64. The van der Waals surface area contributed by atoms with Gasteiger partial charge in [0.05, 0.1) is 41.4 Å². The number of pyridine rings is 1. The molecule has 0 saturated carbocycles. The van der Waals surface area contributed by atoms with E-state index in [1.807, 2.05) is 0 Å². The summed E-state index contributed by atoms with van der Waals surface area (Å²) in [5.41, 5.74) is 1.05. The van der Waals surface area contributed by atoms with E-state index in [0.29, 0.717) is 11.4 Å². The van der Waals surface area contributed by atoms with Gasteiger partial charge in [-0.1, -0.05) is 11.6 Å². The number of sulfone groups is 1. The van der Waals surface area contributed by atoms with E-state index in [1.165, 1.54) is 41.3 Å². The molecule has 1 fully saturated rings. The van der Waals surface area contributed by atoms with Crippen LogP contribution in [0.4, 0.5) is 14.9 Å². The summed E-state index contributed by atoms with van der Waals surface area (Å²) in [6.07, 6.45) is 1.33. The number of nitrogens with zero attached hydrogens (tertiary/aromatic N) is 3. The number of esters is 1. The number of anilines is 1. The Morgan fingerprint density at radius 2 is 1.93 bits per heavy atom. The van der Waals surface area contributed by atoms with Gasteiger partial charge >= 0.3 is 12.0 Å². The first-order valence-electron chi connectivity index (χ1n) is 8.95. The molecule has 0 atom stereocenters. The standard InChI is InChI=1S/C19H19ClFN3O5S/c1-29-18(25)13-2-3-14(22-11-13)12-24(15-4-5-17(21)16(20)10-15)19(26)23-6-8-30(27,28)9-7-23/h2-5,10-11H,6-9,12H2,1H3. The maximum atomic E-state index is 13.6. The van der Waals surface area contributed by atoms with E-state index in [9.17, 15) is 22.4 Å². The van der Waals surface area contributed by atoms with Gasteiger partial charge in [-0.3, -0.25) is 9.88 Å². The zero-order valence-electron chi connectivity index (χ0n) is 16.0. The summed E-state index contributed by atoms with van der Waals surface area (Å²) in [4.78, 5) is 31.7. The minimum absolute atomic E-state index is 0.00545. The fourth-order valence-corrected chi connectivity index (χ4v) is 4.29. The molecule has 0 bridgehead atoms. The molecule has 0 N–H and O–H groups in total. The second-order valence-corrected chi connectivity index (χ2v) is 9.35. The molecule has 3 rings (SSSR count). The molecule has 2 amide bonds. The minimum atomic E-state index is -3.17. The fourth-order valence-electron chi connectivity index (χ4n) is 2.92. The lowest BCUT2D eigenvalue weighted by atomic mass is 10.2. The van der Waals surface area contributed by atoms with E-state index in [1.54, 1.807) is 6.07 Å². The molecule has 2 aromatic rings. The molecule has 1 aromatic carbocycles. The van der Waals surface area contributed by atoms with Crippen molar-refractivity contribution in [3.63, 3.8) is 0 Å². The third-order valence-electron chi connectivity index (χ3n) is 4.63. The number of ether oxygens (including phenoxy) is 1. The molecule has 30 heavy (non-hydrogen) atoms. The zero-order valence-corrected chi connectivity index (χ0v) is 17.6. The summed E-state index contributed by atoms with van der Waals surface area (Å²) in [6.45, 7) is 0.119. The van der Waals surface area contributed by atoms with Gasteiger partial charge in [0.2, 0.25) is 0 Å². The monoisotopic (exact) mass is 455 g/mol. The van der Waals surface area contributed by atoms with Crippen LogP contribution < -0.4 is 4.90 Å². The quantitative estimate of drug-likeness (QED) is 0.657. The molecule has 1 saturated heterocycles. The summed E-state index contributed by atoms with van der Waals surface area (Å²) in [7, 11) is -1.91. The van der Waals surface area contributed by atoms with Gasteiger partial charge in [0.1, 0.15) is 5.82 Å². The Morgan fingerprint density at radius 3 is 2.50 bits per heavy atom. The Morgan fingerprint density at radius 1 is 1.23 bits per heavy atom. The second kappa shape index (κ2) is 8.97. The van der Waals surface area contributed by atoms with E-state index < -0.39 is 27.7 Å². The van der Waals surface area contributed by atoms with E-state index in [0.717, 1.165) is 6.07 Å². The number of hydrogen-bond donors (Lipinski definition) is 0. The number of carbonyl (C=O) groups is 2. The smallest absolute Gasteiger partial charge is 0.339 e. The topological polar surface area (TPSA) is 96.9 Å². The number of amides is 2. The van der Waals surface area contributed by atoms with Crippen molar-refractivity contribution in [3.8, 4) is 0 Å². The molecule has 11 heteroatoms. The van der Waals surface area contributed by atoms with Crippen LogP contribution >= 0.6 is 11.6 Å². The highest BCUT2D eigenvalue weighted by molar-refractivity contribution is 7.91. The van der Waals surface area contributed by atoms with Gasteiger partial charge in [0, 0.05) is 25.0 Å². The van der Waals surface area contributed by atoms with Crippen molar-refractivity contribution < 1.29 is 27.1 Å². The maximum Gasteiger partial charge on any atom is 0.339 e. The normalized spacial score (nSPS) is 15.5. The first kappa shape index (κ1) is 22.0. The van der Waals surface area contributed by atoms with Gasteiger partial charge in [-0.15, -0.1) is 0 Å². The van der Waals surface area contributed by atoms with Gasteiger partial charge in [-0.25, -0.2) is 22.4 Å². The van der Waals surface area contributed by atoms with Crippen LogP contribution in [0.5, 0.6) is 0 Å². The number of methoxy groups -OCH3 is 1. The first-order chi connectivity index (χ1) is 14.2. The van der Waals surface area contributed by atoms with Crippen LogP contribution in [0.25, 0.3) is 0 Å². The van der Waals surface area contributed by atoms with Crippen molar-refractivity contribution in [2.45, 2.75) is 6.54 Å². The van der Waals surface area contributed by atoms with Gasteiger partial charge in [0.25, 0.3) is 0 Å². The molecule has 0 spiro atoms. The lowest BCUT2D eigenvalue weighted by Gasteiger charge is -2.33. The van der Waals surface area contributed by atoms with E-state index in [4.69, 9.17) is 11.6 Å². The Kier molecular flexibility index (Phi) is 6.57. The van der Waals surface area contributed by atoms with Crippen molar-refractivity contribution in [1.82, 2.24) is 9.88 Å². The van der Waals surface area contributed by atoms with Gasteiger partial charge in [-0.05, 0) is 30.3 Å². The average Bonchev–Trinajstić information content (AvgIpc) is 2.73. The summed E-state index contributed by atoms with van der Waals surface area (Å²) in [5.74, 6) is -1.41. The number of hydrogen-bond acceptors (Lipinski definition) is 6. The highest BCUT2D eigenvalue weighted by Crippen LogP contribution is 2.25. The Balaban J connectivity index is 1.88. The predicted molar refractivity (Wildman–Crippen MR) is 109 cm³/mol. The van der Waals surface area contributed by atoms with Gasteiger partial charge in [-0.2, -0.15) is 0 Å². The number of carbonyl (C=O) groups excluding carboxylic acids is 2. The van der Waals surface area contributed by atoms with E-state index in [2.05, 4.69) is 9.72 Å².